The summed E-state index contributed by atoms with van der Waals surface area (Å²) in [5.74, 6) is 0.368. The number of nitrogens with zero attached hydrogens (tertiary/aromatic N) is 2. The van der Waals surface area contributed by atoms with Crippen molar-refractivity contribution in [3.8, 4) is 5.75 Å². The van der Waals surface area contributed by atoms with Gasteiger partial charge >= 0.3 is 6.29 Å². The Balaban J connectivity index is 2.81. The van der Waals surface area contributed by atoms with Gasteiger partial charge in [0.05, 0.1) is 12.7 Å². The molecule has 2 atom stereocenters. The number of benzene rings is 1. The van der Waals surface area contributed by atoms with E-state index in [1.807, 2.05) is 0 Å². The lowest BCUT2D eigenvalue weighted by Gasteiger charge is -2.20. The van der Waals surface area contributed by atoms with Crippen LogP contribution in [0.4, 0.5) is 0 Å². The summed E-state index contributed by atoms with van der Waals surface area (Å²) in [5, 5.41) is 21.4. The topological polar surface area (TPSA) is 105 Å². The van der Waals surface area contributed by atoms with Gasteiger partial charge in [-0.3, -0.25) is 20.2 Å². The number of ether oxygens (including phenoxy) is 2. The number of rotatable bonds is 9. The Bertz CT molecular complexity index is 464. The summed E-state index contributed by atoms with van der Waals surface area (Å²) in [6.45, 7) is 2.78. The van der Waals surface area contributed by atoms with Crippen LogP contribution in [0.2, 0.25) is 0 Å². The lowest BCUT2D eigenvalue weighted by Crippen LogP contribution is -2.40. The molecule has 0 aromatic heterocycles. The molecule has 0 aliphatic rings. The third kappa shape index (κ3) is 4.92. The predicted octanol–water partition coefficient (Wildman–Crippen LogP) is 1.86. The van der Waals surface area contributed by atoms with Gasteiger partial charge in [-0.2, -0.15) is 0 Å². The molecule has 108 valence electrons. The van der Waals surface area contributed by atoms with Crippen molar-refractivity contribution in [2.24, 2.45) is 0 Å². The van der Waals surface area contributed by atoms with Crippen LogP contribution < -0.4 is 4.74 Å². The van der Waals surface area contributed by atoms with Crippen molar-refractivity contribution in [2.45, 2.75) is 18.8 Å². The van der Waals surface area contributed by atoms with Gasteiger partial charge in [0, 0.05) is 9.85 Å². The van der Waals surface area contributed by atoms with Gasteiger partial charge in [-0.25, -0.2) is 0 Å². The van der Waals surface area contributed by atoms with E-state index < -0.39 is 28.7 Å². The van der Waals surface area contributed by atoms with Crippen LogP contribution in [0.15, 0.2) is 43.2 Å². The van der Waals surface area contributed by atoms with E-state index in [1.165, 1.54) is 0 Å². The molecule has 8 nitrogen and oxygen atoms in total. The summed E-state index contributed by atoms with van der Waals surface area (Å²) in [5.41, 5.74) is 0. The van der Waals surface area contributed by atoms with Gasteiger partial charge in [-0.15, -0.1) is 0 Å². The molecule has 2 unspecified atom stereocenters. The fourth-order valence-corrected chi connectivity index (χ4v) is 1.50. The first-order chi connectivity index (χ1) is 9.54. The minimum absolute atomic E-state index is 0.300. The maximum Gasteiger partial charge on any atom is 0.308 e. The van der Waals surface area contributed by atoms with Crippen LogP contribution in [-0.2, 0) is 4.74 Å². The predicted molar refractivity (Wildman–Crippen MR) is 69.4 cm³/mol. The van der Waals surface area contributed by atoms with Crippen LogP contribution in [-0.4, -0.2) is 28.7 Å². The summed E-state index contributed by atoms with van der Waals surface area (Å²) in [4.78, 5) is 20.1. The summed E-state index contributed by atoms with van der Waals surface area (Å²) in [6.07, 6.45) is -0.563. The van der Waals surface area contributed by atoms with E-state index in [0.29, 0.717) is 5.75 Å². The molecule has 0 heterocycles. The second-order valence-corrected chi connectivity index (χ2v) is 3.80. The molecule has 0 aliphatic heterocycles. The lowest BCUT2D eigenvalue weighted by molar-refractivity contribution is -0.558. The first-order valence-corrected chi connectivity index (χ1v) is 5.78. The smallest absolute Gasteiger partial charge is 0.308 e. The Morgan fingerprint density at radius 3 is 2.40 bits per heavy atom. The standard InChI is InChI=1S/C12H14N2O6/c1-2-19-12(20-10-6-4-3-5-7-10)11(14(17)18)8-9-13(15)16/h2-7,11-12H,1,8-9H2. The normalized spacial score (nSPS) is 13.0. The first kappa shape index (κ1) is 15.4. The highest BCUT2D eigenvalue weighted by atomic mass is 16.7. The second kappa shape index (κ2) is 7.72. The molecule has 1 rings (SSSR count). The van der Waals surface area contributed by atoms with E-state index in [2.05, 4.69) is 6.58 Å². The minimum Gasteiger partial charge on any atom is -0.457 e. The van der Waals surface area contributed by atoms with Crippen LogP contribution in [0.3, 0.4) is 0 Å². The summed E-state index contributed by atoms with van der Waals surface area (Å²) in [6, 6.07) is 6.98. The SMILES string of the molecule is C=COC(Oc1ccccc1)C(CC[N+](=O)[O-])[N+](=O)[O-]. The maximum atomic E-state index is 11.0. The van der Waals surface area contributed by atoms with Gasteiger partial charge in [-0.1, -0.05) is 24.8 Å². The number of hydrogen-bond acceptors (Lipinski definition) is 6. The fourth-order valence-electron chi connectivity index (χ4n) is 1.50. The van der Waals surface area contributed by atoms with Gasteiger partial charge in [-0.05, 0) is 12.1 Å². The second-order valence-electron chi connectivity index (χ2n) is 3.80. The molecular weight excluding hydrogens is 268 g/mol. The summed E-state index contributed by atoms with van der Waals surface area (Å²) < 4.78 is 10.3. The van der Waals surface area contributed by atoms with Crippen molar-refractivity contribution in [1.29, 1.82) is 0 Å². The molecule has 0 radical (unpaired) electrons. The maximum absolute atomic E-state index is 11.0. The van der Waals surface area contributed by atoms with Gasteiger partial charge in [0.25, 0.3) is 6.04 Å². The van der Waals surface area contributed by atoms with E-state index in [0.717, 1.165) is 6.26 Å². The van der Waals surface area contributed by atoms with Gasteiger partial charge < -0.3 is 9.47 Å². The molecule has 0 N–H and O–H groups in total. The van der Waals surface area contributed by atoms with Gasteiger partial charge in [0.2, 0.25) is 6.54 Å². The average Bonchev–Trinajstić information content (AvgIpc) is 2.39. The number of nitro groups is 2. The molecule has 0 fully saturated rings. The van der Waals surface area contributed by atoms with E-state index in [9.17, 15) is 20.2 Å². The van der Waals surface area contributed by atoms with Gasteiger partial charge in [0.1, 0.15) is 5.75 Å². The zero-order valence-electron chi connectivity index (χ0n) is 10.6. The monoisotopic (exact) mass is 282 g/mol. The number of hydrogen-bond donors (Lipinski definition) is 0. The molecule has 0 saturated carbocycles. The zero-order valence-corrected chi connectivity index (χ0v) is 10.6. The van der Waals surface area contributed by atoms with E-state index in [-0.39, 0.29) is 6.42 Å². The molecular formula is C12H14N2O6. The molecule has 1 aromatic carbocycles. The van der Waals surface area contributed by atoms with Crippen LogP contribution in [0.25, 0.3) is 0 Å². The molecule has 0 aliphatic carbocycles. The quantitative estimate of drug-likeness (QED) is 0.296. The molecule has 1 aromatic rings. The third-order valence-corrected chi connectivity index (χ3v) is 2.42. The Hall–Kier alpha value is -2.64. The fraction of sp³-hybridized carbons (Fsp3) is 0.333. The van der Waals surface area contributed by atoms with Crippen molar-refractivity contribution in [3.05, 3.63) is 63.4 Å². The summed E-state index contributed by atoms with van der Waals surface area (Å²) in [7, 11) is 0. The third-order valence-electron chi connectivity index (χ3n) is 2.42. The first-order valence-electron chi connectivity index (χ1n) is 5.78. The highest BCUT2D eigenvalue weighted by molar-refractivity contribution is 5.21. The highest BCUT2D eigenvalue weighted by Crippen LogP contribution is 2.16. The van der Waals surface area contributed by atoms with E-state index in [1.54, 1.807) is 30.3 Å². The van der Waals surface area contributed by atoms with Crippen molar-refractivity contribution in [2.75, 3.05) is 6.54 Å². The largest absolute Gasteiger partial charge is 0.457 e. The van der Waals surface area contributed by atoms with E-state index in [4.69, 9.17) is 9.47 Å². The molecule has 0 saturated heterocycles. The zero-order chi connectivity index (χ0) is 15.0. The molecule has 0 amide bonds. The van der Waals surface area contributed by atoms with Crippen LogP contribution in [0, 0.1) is 20.2 Å². The Morgan fingerprint density at radius 1 is 1.25 bits per heavy atom. The molecule has 20 heavy (non-hydrogen) atoms. The summed E-state index contributed by atoms with van der Waals surface area (Å²) >= 11 is 0. The minimum atomic E-state index is -1.36. The Labute approximate surface area is 114 Å². The average molecular weight is 282 g/mol. The number of para-hydroxylation sites is 1. The van der Waals surface area contributed by atoms with Crippen molar-refractivity contribution >= 4 is 0 Å². The van der Waals surface area contributed by atoms with Crippen LogP contribution >= 0.6 is 0 Å². The Kier molecular flexibility index (Phi) is 5.95. The Morgan fingerprint density at radius 2 is 1.90 bits per heavy atom. The van der Waals surface area contributed by atoms with Crippen molar-refractivity contribution in [1.82, 2.24) is 0 Å². The molecule has 0 spiro atoms. The van der Waals surface area contributed by atoms with Crippen molar-refractivity contribution in [3.63, 3.8) is 0 Å². The molecule has 8 heteroatoms. The van der Waals surface area contributed by atoms with E-state index >= 15 is 0 Å². The van der Waals surface area contributed by atoms with Gasteiger partial charge in [0.15, 0.2) is 0 Å². The molecule has 0 bridgehead atoms. The highest BCUT2D eigenvalue weighted by Gasteiger charge is 2.36. The van der Waals surface area contributed by atoms with Crippen LogP contribution in [0.5, 0.6) is 5.75 Å². The lowest BCUT2D eigenvalue weighted by atomic mass is 10.2. The van der Waals surface area contributed by atoms with Crippen LogP contribution in [0.1, 0.15) is 6.42 Å². The van der Waals surface area contributed by atoms with Crippen molar-refractivity contribution < 1.29 is 19.3 Å².